The fourth-order valence-corrected chi connectivity index (χ4v) is 2.01. The molecule has 0 aliphatic rings. The lowest BCUT2D eigenvalue weighted by Crippen LogP contribution is -2.51. The minimum Gasteiger partial charge on any atom is -0.391 e. The number of hydrogen-bond donors (Lipinski definition) is 4. The molecule has 1 aromatic heterocycles. The summed E-state index contributed by atoms with van der Waals surface area (Å²) < 4.78 is 0. The number of carbonyl (C=O) groups is 2. The Hall–Kier alpha value is -3.28. The number of nitrogens with one attached hydrogen (secondary N) is 2. The first-order chi connectivity index (χ1) is 12.4. The zero-order chi connectivity index (χ0) is 19.1. The van der Waals surface area contributed by atoms with Crippen molar-refractivity contribution in [3.63, 3.8) is 0 Å². The highest BCUT2D eigenvalue weighted by molar-refractivity contribution is 5.97. The maximum absolute atomic E-state index is 12.2. The van der Waals surface area contributed by atoms with Gasteiger partial charge in [0.2, 0.25) is 0 Å². The second-order valence-corrected chi connectivity index (χ2v) is 5.51. The lowest BCUT2D eigenvalue weighted by molar-refractivity contribution is -0.133. The van der Waals surface area contributed by atoms with Crippen LogP contribution >= 0.6 is 0 Å². The molecule has 2 rings (SSSR count). The molecule has 8 heteroatoms. The average Bonchev–Trinajstić information content (AvgIpc) is 2.65. The number of rotatable bonds is 4. The van der Waals surface area contributed by atoms with Gasteiger partial charge in [0.1, 0.15) is 11.9 Å². The summed E-state index contributed by atoms with van der Waals surface area (Å²) in [6, 6.07) is 5.12. The van der Waals surface area contributed by atoms with E-state index in [1.807, 2.05) is 0 Å². The van der Waals surface area contributed by atoms with Crippen molar-refractivity contribution in [2.24, 2.45) is 0 Å². The number of aromatic nitrogens is 2. The molecule has 0 fully saturated rings. The summed E-state index contributed by atoms with van der Waals surface area (Å²) >= 11 is 0. The van der Waals surface area contributed by atoms with Crippen LogP contribution in [0.15, 0.2) is 36.7 Å². The molecule has 0 aliphatic heterocycles. The molecule has 2 aromatic rings. The summed E-state index contributed by atoms with van der Waals surface area (Å²) in [6.07, 6.45) is 2.08. The SMILES string of the molecule is Cc1ncc(C#Cc2ccc(C(=O)N[C@H](C(=O)NO)[C@@H](C)O)cc2)cn1. The van der Waals surface area contributed by atoms with Gasteiger partial charge in [-0.15, -0.1) is 0 Å². The minimum atomic E-state index is -1.27. The number of hydroxylamine groups is 1. The molecule has 2 atom stereocenters. The topological polar surface area (TPSA) is 124 Å². The van der Waals surface area contributed by atoms with Crippen molar-refractivity contribution < 1.29 is 19.9 Å². The van der Waals surface area contributed by atoms with Crippen molar-refractivity contribution in [1.82, 2.24) is 20.8 Å². The van der Waals surface area contributed by atoms with E-state index in [2.05, 4.69) is 27.1 Å². The van der Waals surface area contributed by atoms with Gasteiger partial charge in [-0.3, -0.25) is 14.8 Å². The molecule has 0 radical (unpaired) electrons. The summed E-state index contributed by atoms with van der Waals surface area (Å²) in [4.78, 5) is 31.7. The number of benzene rings is 1. The summed E-state index contributed by atoms with van der Waals surface area (Å²) in [5.41, 5.74) is 3.04. The van der Waals surface area contributed by atoms with E-state index in [1.165, 1.54) is 12.4 Å². The van der Waals surface area contributed by atoms with Gasteiger partial charge in [0.15, 0.2) is 0 Å². The minimum absolute atomic E-state index is 0.283. The Balaban J connectivity index is 2.08. The van der Waals surface area contributed by atoms with E-state index in [4.69, 9.17) is 5.21 Å². The summed E-state index contributed by atoms with van der Waals surface area (Å²) in [5.74, 6) is 5.04. The molecule has 0 aliphatic carbocycles. The molecule has 8 nitrogen and oxygen atoms in total. The molecule has 0 unspecified atom stereocenters. The predicted molar refractivity (Wildman–Crippen MR) is 92.1 cm³/mol. The molecular weight excluding hydrogens is 336 g/mol. The van der Waals surface area contributed by atoms with Crippen molar-refractivity contribution in [2.75, 3.05) is 0 Å². The normalized spacial score (nSPS) is 12.3. The fourth-order valence-electron chi connectivity index (χ4n) is 2.01. The lowest BCUT2D eigenvalue weighted by atomic mass is 10.1. The third-order valence-electron chi connectivity index (χ3n) is 3.44. The lowest BCUT2D eigenvalue weighted by Gasteiger charge is -2.19. The smallest absolute Gasteiger partial charge is 0.268 e. The maximum Gasteiger partial charge on any atom is 0.268 e. The number of aliphatic hydroxyl groups is 1. The van der Waals surface area contributed by atoms with Crippen LogP contribution in [0.1, 0.15) is 34.2 Å². The summed E-state index contributed by atoms with van der Waals surface area (Å²) in [7, 11) is 0. The Labute approximate surface area is 150 Å². The molecule has 0 bridgehead atoms. The standard InChI is InChI=1S/C18H18N4O4/c1-11(23)16(18(25)22-26)21-17(24)15-7-5-13(6-8-15)3-4-14-9-19-12(2)20-10-14/h5-11,16,23,26H,1-2H3,(H,21,24)(H,22,25)/t11-,16+/m1/s1. The van der Waals surface area contributed by atoms with Gasteiger partial charge in [-0.1, -0.05) is 11.8 Å². The first kappa shape index (κ1) is 19.1. The van der Waals surface area contributed by atoms with Crippen LogP contribution in [0, 0.1) is 18.8 Å². The number of aliphatic hydroxyl groups excluding tert-OH is 1. The van der Waals surface area contributed by atoms with E-state index >= 15 is 0 Å². The molecular formula is C18H18N4O4. The maximum atomic E-state index is 12.2. The first-order valence-electron chi connectivity index (χ1n) is 7.74. The van der Waals surface area contributed by atoms with E-state index in [9.17, 15) is 14.7 Å². The Morgan fingerprint density at radius 1 is 1.08 bits per heavy atom. The average molecular weight is 354 g/mol. The molecule has 26 heavy (non-hydrogen) atoms. The van der Waals surface area contributed by atoms with E-state index in [1.54, 1.807) is 43.6 Å². The zero-order valence-corrected chi connectivity index (χ0v) is 14.2. The van der Waals surface area contributed by atoms with Gasteiger partial charge in [-0.05, 0) is 38.1 Å². The second-order valence-electron chi connectivity index (χ2n) is 5.51. The highest BCUT2D eigenvalue weighted by Gasteiger charge is 2.25. The Morgan fingerprint density at radius 2 is 1.65 bits per heavy atom. The van der Waals surface area contributed by atoms with Crippen LogP contribution in [0.3, 0.4) is 0 Å². The summed E-state index contributed by atoms with van der Waals surface area (Å²) in [5, 5.41) is 20.5. The van der Waals surface area contributed by atoms with Crippen molar-refractivity contribution in [3.8, 4) is 11.8 Å². The van der Waals surface area contributed by atoms with E-state index in [-0.39, 0.29) is 5.56 Å². The second kappa shape index (κ2) is 8.71. The van der Waals surface area contributed by atoms with Crippen molar-refractivity contribution >= 4 is 11.8 Å². The van der Waals surface area contributed by atoms with Crippen LogP contribution in [-0.4, -0.2) is 44.2 Å². The van der Waals surface area contributed by atoms with Crippen molar-refractivity contribution in [3.05, 3.63) is 59.2 Å². The van der Waals surface area contributed by atoms with Crippen molar-refractivity contribution in [1.29, 1.82) is 0 Å². The van der Waals surface area contributed by atoms with Crippen LogP contribution in [0.2, 0.25) is 0 Å². The van der Waals surface area contributed by atoms with E-state index < -0.39 is 24.0 Å². The molecule has 2 amide bonds. The summed E-state index contributed by atoms with van der Waals surface area (Å²) in [6.45, 7) is 3.11. The largest absolute Gasteiger partial charge is 0.391 e. The molecule has 4 N–H and O–H groups in total. The van der Waals surface area contributed by atoms with Crippen LogP contribution in [0.4, 0.5) is 0 Å². The van der Waals surface area contributed by atoms with Crippen LogP contribution in [-0.2, 0) is 4.79 Å². The molecule has 134 valence electrons. The quantitative estimate of drug-likeness (QED) is 0.352. The zero-order valence-electron chi connectivity index (χ0n) is 14.2. The van der Waals surface area contributed by atoms with Gasteiger partial charge < -0.3 is 10.4 Å². The molecule has 1 aromatic carbocycles. The molecule has 1 heterocycles. The Bertz CT molecular complexity index is 836. The van der Waals surface area contributed by atoms with Gasteiger partial charge in [-0.25, -0.2) is 15.4 Å². The number of carbonyl (C=O) groups excluding carboxylic acids is 2. The molecule has 0 saturated carbocycles. The monoisotopic (exact) mass is 354 g/mol. The molecule has 0 saturated heterocycles. The third kappa shape index (κ3) is 5.11. The Kier molecular flexibility index (Phi) is 6.38. The highest BCUT2D eigenvalue weighted by Crippen LogP contribution is 2.05. The van der Waals surface area contributed by atoms with Crippen LogP contribution in [0.5, 0.6) is 0 Å². The van der Waals surface area contributed by atoms with Crippen molar-refractivity contribution in [2.45, 2.75) is 26.0 Å². The predicted octanol–water partition coefficient (Wildman–Crippen LogP) is 0.169. The van der Waals surface area contributed by atoms with E-state index in [0.29, 0.717) is 17.0 Å². The fraction of sp³-hybridized carbons (Fsp3) is 0.222. The highest BCUT2D eigenvalue weighted by atomic mass is 16.5. The van der Waals surface area contributed by atoms with Gasteiger partial charge in [0.25, 0.3) is 11.8 Å². The van der Waals surface area contributed by atoms with Crippen LogP contribution in [0.25, 0.3) is 0 Å². The Morgan fingerprint density at radius 3 is 2.19 bits per heavy atom. The van der Waals surface area contributed by atoms with Gasteiger partial charge >= 0.3 is 0 Å². The van der Waals surface area contributed by atoms with Gasteiger partial charge in [-0.2, -0.15) is 0 Å². The van der Waals surface area contributed by atoms with Gasteiger partial charge in [0, 0.05) is 23.5 Å². The number of amides is 2. The van der Waals surface area contributed by atoms with E-state index in [0.717, 1.165) is 0 Å². The van der Waals surface area contributed by atoms with Crippen LogP contribution < -0.4 is 10.8 Å². The van der Waals surface area contributed by atoms with Gasteiger partial charge in [0.05, 0.1) is 11.7 Å². The first-order valence-corrected chi connectivity index (χ1v) is 7.74. The number of hydrogen-bond acceptors (Lipinski definition) is 6. The third-order valence-corrected chi connectivity index (χ3v) is 3.44. The number of nitrogens with zero attached hydrogens (tertiary/aromatic N) is 2. The molecule has 0 spiro atoms. The number of aryl methyl sites for hydroxylation is 1.